The van der Waals surface area contributed by atoms with E-state index in [1.54, 1.807) is 0 Å². The highest BCUT2D eigenvalue weighted by Crippen LogP contribution is 2.41. The number of likely N-dealkylation sites (tertiary alicyclic amines) is 1. The van der Waals surface area contributed by atoms with Gasteiger partial charge in [-0.25, -0.2) is 0 Å². The van der Waals surface area contributed by atoms with E-state index in [-0.39, 0.29) is 0 Å². The van der Waals surface area contributed by atoms with Gasteiger partial charge in [0.25, 0.3) is 0 Å². The fourth-order valence-corrected chi connectivity index (χ4v) is 3.89. The third kappa shape index (κ3) is 2.68. The summed E-state index contributed by atoms with van der Waals surface area (Å²) in [4.78, 5) is 2.77. The van der Waals surface area contributed by atoms with Gasteiger partial charge in [-0.15, -0.1) is 0 Å². The van der Waals surface area contributed by atoms with Crippen molar-refractivity contribution >= 4 is 0 Å². The molecule has 0 amide bonds. The molecule has 2 nitrogen and oxygen atoms in total. The summed E-state index contributed by atoms with van der Waals surface area (Å²) in [5.41, 5.74) is 0.477. The van der Waals surface area contributed by atoms with Crippen molar-refractivity contribution in [2.75, 3.05) is 19.6 Å². The lowest BCUT2D eigenvalue weighted by Crippen LogP contribution is -2.51. The average Bonchev–Trinajstić information content (AvgIpc) is 2.85. The predicted octanol–water partition coefficient (Wildman–Crippen LogP) is 2.89. The van der Waals surface area contributed by atoms with Crippen LogP contribution in [0.1, 0.15) is 53.4 Å². The molecule has 100 valence electrons. The fraction of sp³-hybridized carbons (Fsp3) is 1.00. The Kier molecular flexibility index (Phi) is 4.14. The minimum absolute atomic E-state index is 0.477. The molecule has 0 radical (unpaired) electrons. The van der Waals surface area contributed by atoms with Gasteiger partial charge in [-0.05, 0) is 43.7 Å². The molecule has 1 aliphatic carbocycles. The second-order valence-electron chi connectivity index (χ2n) is 6.69. The highest BCUT2D eigenvalue weighted by molar-refractivity contribution is 5.02. The number of nitrogens with one attached hydrogen (secondary N) is 1. The van der Waals surface area contributed by atoms with E-state index >= 15 is 0 Å². The Morgan fingerprint density at radius 1 is 1.24 bits per heavy atom. The van der Waals surface area contributed by atoms with Crippen LogP contribution in [0.5, 0.6) is 0 Å². The quantitative estimate of drug-likeness (QED) is 0.810. The van der Waals surface area contributed by atoms with Gasteiger partial charge < -0.3 is 5.32 Å². The van der Waals surface area contributed by atoms with E-state index in [9.17, 15) is 0 Å². The summed E-state index contributed by atoms with van der Waals surface area (Å²) in [7, 11) is 0. The van der Waals surface area contributed by atoms with Crippen molar-refractivity contribution in [1.29, 1.82) is 0 Å². The summed E-state index contributed by atoms with van der Waals surface area (Å²) in [5.74, 6) is 0.959. The van der Waals surface area contributed by atoms with E-state index < -0.39 is 0 Å². The van der Waals surface area contributed by atoms with Crippen molar-refractivity contribution in [3.05, 3.63) is 0 Å². The molecule has 2 aliphatic rings. The van der Waals surface area contributed by atoms with Crippen LogP contribution in [0.3, 0.4) is 0 Å². The van der Waals surface area contributed by atoms with Crippen molar-refractivity contribution in [1.82, 2.24) is 10.2 Å². The summed E-state index contributed by atoms with van der Waals surface area (Å²) >= 11 is 0. The van der Waals surface area contributed by atoms with E-state index in [1.807, 2.05) is 0 Å². The van der Waals surface area contributed by atoms with Crippen LogP contribution in [0.2, 0.25) is 0 Å². The minimum atomic E-state index is 0.477. The Labute approximate surface area is 107 Å². The van der Waals surface area contributed by atoms with Crippen molar-refractivity contribution < 1.29 is 0 Å². The minimum Gasteiger partial charge on any atom is -0.312 e. The van der Waals surface area contributed by atoms with Crippen LogP contribution in [-0.4, -0.2) is 36.6 Å². The van der Waals surface area contributed by atoms with Gasteiger partial charge in [0.1, 0.15) is 0 Å². The van der Waals surface area contributed by atoms with E-state index in [4.69, 9.17) is 0 Å². The molecule has 1 aliphatic heterocycles. The Hall–Kier alpha value is -0.0800. The zero-order chi connectivity index (χ0) is 12.5. The largest absolute Gasteiger partial charge is 0.312 e. The van der Waals surface area contributed by atoms with Crippen molar-refractivity contribution in [2.24, 2.45) is 11.3 Å². The van der Waals surface area contributed by atoms with E-state index in [2.05, 4.69) is 37.9 Å². The lowest BCUT2D eigenvalue weighted by atomic mass is 9.86. The molecule has 0 aromatic rings. The topological polar surface area (TPSA) is 15.3 Å². The molecule has 0 aromatic heterocycles. The number of likely N-dealkylation sites (N-methyl/N-ethyl adjacent to an activating group) is 1. The molecule has 0 spiro atoms. The van der Waals surface area contributed by atoms with Crippen LogP contribution in [0.15, 0.2) is 0 Å². The normalized spacial score (nSPS) is 37.8. The van der Waals surface area contributed by atoms with E-state index in [1.165, 1.54) is 38.8 Å². The highest BCUT2D eigenvalue weighted by atomic mass is 15.2. The molecule has 3 atom stereocenters. The Morgan fingerprint density at radius 2 is 2.00 bits per heavy atom. The first-order chi connectivity index (χ1) is 8.08. The molecule has 0 bridgehead atoms. The molecule has 1 saturated carbocycles. The van der Waals surface area contributed by atoms with Gasteiger partial charge in [0.15, 0.2) is 0 Å². The highest BCUT2D eigenvalue weighted by Gasteiger charge is 2.45. The monoisotopic (exact) mass is 238 g/mol. The number of nitrogens with zero attached hydrogens (tertiary/aromatic N) is 1. The maximum absolute atomic E-state index is 3.75. The maximum Gasteiger partial charge on any atom is 0.0274 e. The first kappa shape index (κ1) is 13.4. The number of hydrogen-bond acceptors (Lipinski definition) is 2. The van der Waals surface area contributed by atoms with Gasteiger partial charge >= 0.3 is 0 Å². The van der Waals surface area contributed by atoms with Crippen LogP contribution in [0.4, 0.5) is 0 Å². The van der Waals surface area contributed by atoms with Crippen LogP contribution in [0, 0.1) is 11.3 Å². The lowest BCUT2D eigenvalue weighted by molar-refractivity contribution is 0.167. The van der Waals surface area contributed by atoms with Gasteiger partial charge in [0.05, 0.1) is 0 Å². The first-order valence-corrected chi connectivity index (χ1v) is 7.56. The van der Waals surface area contributed by atoms with Crippen molar-refractivity contribution in [3.63, 3.8) is 0 Å². The summed E-state index contributed by atoms with van der Waals surface area (Å²) in [6, 6.07) is 1.49. The number of rotatable bonds is 4. The second-order valence-corrected chi connectivity index (χ2v) is 6.69. The summed E-state index contributed by atoms with van der Waals surface area (Å²) < 4.78 is 0. The smallest absolute Gasteiger partial charge is 0.0274 e. The fourth-order valence-electron chi connectivity index (χ4n) is 3.89. The van der Waals surface area contributed by atoms with Crippen molar-refractivity contribution in [3.8, 4) is 0 Å². The van der Waals surface area contributed by atoms with Gasteiger partial charge in [0, 0.05) is 18.6 Å². The molecule has 0 aromatic carbocycles. The Balaban J connectivity index is 2.00. The molecule has 2 heteroatoms. The van der Waals surface area contributed by atoms with E-state index in [0.29, 0.717) is 11.5 Å². The molecular formula is C15H30N2. The van der Waals surface area contributed by atoms with Crippen LogP contribution in [0.25, 0.3) is 0 Å². The summed E-state index contributed by atoms with van der Waals surface area (Å²) in [6.45, 7) is 13.2. The summed E-state index contributed by atoms with van der Waals surface area (Å²) in [6.07, 6.45) is 5.55. The van der Waals surface area contributed by atoms with Crippen LogP contribution in [-0.2, 0) is 0 Å². The van der Waals surface area contributed by atoms with Crippen LogP contribution < -0.4 is 5.32 Å². The lowest BCUT2D eigenvalue weighted by Gasteiger charge is -2.36. The van der Waals surface area contributed by atoms with Crippen molar-refractivity contribution in [2.45, 2.75) is 65.5 Å². The van der Waals surface area contributed by atoms with Crippen LogP contribution >= 0.6 is 0 Å². The first-order valence-electron chi connectivity index (χ1n) is 7.56. The van der Waals surface area contributed by atoms with E-state index in [0.717, 1.165) is 18.5 Å². The molecule has 3 unspecified atom stereocenters. The SMILES string of the molecule is CCNC1C(N2CCC(CC)C2)CCC1(C)C. The average molecular weight is 238 g/mol. The standard InChI is InChI=1S/C15H30N2/c1-5-12-8-10-17(11-12)13-7-9-15(3,4)14(13)16-6-2/h12-14,16H,5-11H2,1-4H3. The third-order valence-corrected chi connectivity index (χ3v) is 5.10. The molecule has 2 fully saturated rings. The predicted molar refractivity (Wildman–Crippen MR) is 74.2 cm³/mol. The zero-order valence-electron chi connectivity index (χ0n) is 12.1. The molecule has 2 rings (SSSR count). The summed E-state index contributed by atoms with van der Waals surface area (Å²) in [5, 5.41) is 3.75. The Bertz CT molecular complexity index is 249. The molecule has 1 saturated heterocycles. The second kappa shape index (κ2) is 5.27. The molecule has 1 heterocycles. The van der Waals surface area contributed by atoms with Gasteiger partial charge in [-0.3, -0.25) is 4.90 Å². The van der Waals surface area contributed by atoms with Gasteiger partial charge in [0.2, 0.25) is 0 Å². The third-order valence-electron chi connectivity index (χ3n) is 5.10. The zero-order valence-corrected chi connectivity index (χ0v) is 12.1. The van der Waals surface area contributed by atoms with Gasteiger partial charge in [-0.1, -0.05) is 34.1 Å². The molecule has 17 heavy (non-hydrogen) atoms. The number of hydrogen-bond donors (Lipinski definition) is 1. The van der Waals surface area contributed by atoms with Gasteiger partial charge in [-0.2, -0.15) is 0 Å². The molecule has 1 N–H and O–H groups in total. The molecular weight excluding hydrogens is 208 g/mol. The maximum atomic E-state index is 3.75. The Morgan fingerprint density at radius 3 is 2.59 bits per heavy atom.